The van der Waals surface area contributed by atoms with Crippen LogP contribution in [0.4, 0.5) is 8.78 Å². The van der Waals surface area contributed by atoms with Gasteiger partial charge in [0, 0.05) is 31.1 Å². The summed E-state index contributed by atoms with van der Waals surface area (Å²) in [6, 6.07) is 11.0. The van der Waals surface area contributed by atoms with E-state index in [-0.39, 0.29) is 30.3 Å². The quantitative estimate of drug-likeness (QED) is 0.362. The van der Waals surface area contributed by atoms with Gasteiger partial charge < -0.3 is 21.1 Å². The van der Waals surface area contributed by atoms with Gasteiger partial charge in [-0.1, -0.05) is 45.0 Å². The number of nitrogens with one attached hydrogen (secondary N) is 3. The Bertz CT molecular complexity index is 1060. The highest BCUT2D eigenvalue weighted by Gasteiger charge is 2.38. The first kappa shape index (κ1) is 28.7. The highest BCUT2D eigenvalue weighted by Crippen LogP contribution is 2.39. The van der Waals surface area contributed by atoms with Crippen molar-refractivity contribution in [3.63, 3.8) is 0 Å². The molecule has 202 valence electrons. The molecule has 37 heavy (non-hydrogen) atoms. The topological polar surface area (TPSA) is 90.5 Å². The summed E-state index contributed by atoms with van der Waals surface area (Å²) in [5, 5.41) is 20.4. The molecular formula is C29H39F2N3O3. The van der Waals surface area contributed by atoms with Crippen molar-refractivity contribution < 1.29 is 23.5 Å². The van der Waals surface area contributed by atoms with Gasteiger partial charge in [0.05, 0.1) is 12.1 Å². The highest BCUT2D eigenvalue weighted by atomic mass is 19.1. The van der Waals surface area contributed by atoms with Gasteiger partial charge in [-0.2, -0.15) is 0 Å². The number of halogens is 2. The second kappa shape index (κ2) is 12.1. The van der Waals surface area contributed by atoms with Crippen molar-refractivity contribution in [2.75, 3.05) is 6.54 Å². The molecule has 0 aliphatic heterocycles. The summed E-state index contributed by atoms with van der Waals surface area (Å²) < 4.78 is 27.5. The zero-order chi connectivity index (χ0) is 27.2. The summed E-state index contributed by atoms with van der Waals surface area (Å²) in [5.41, 5.74) is 2.19. The summed E-state index contributed by atoms with van der Waals surface area (Å²) in [6.07, 6.45) is 2.86. The average molecular weight is 516 g/mol. The molecule has 0 heterocycles. The molecule has 0 bridgehead atoms. The molecule has 4 N–H and O–H groups in total. The van der Waals surface area contributed by atoms with E-state index in [9.17, 15) is 23.5 Å². The minimum Gasteiger partial charge on any atom is -0.390 e. The number of rotatable bonds is 10. The molecule has 2 aromatic rings. The Kier molecular flexibility index (Phi) is 9.42. The van der Waals surface area contributed by atoms with Crippen LogP contribution in [0, 0.1) is 11.6 Å². The number of hydrogen-bond acceptors (Lipinski definition) is 4. The van der Waals surface area contributed by atoms with E-state index < -0.39 is 29.3 Å². The van der Waals surface area contributed by atoms with Crippen LogP contribution < -0.4 is 16.0 Å². The van der Waals surface area contributed by atoms with Gasteiger partial charge in [-0.25, -0.2) is 8.78 Å². The summed E-state index contributed by atoms with van der Waals surface area (Å²) in [4.78, 5) is 22.9. The maximum atomic E-state index is 13.7. The van der Waals surface area contributed by atoms with E-state index in [0.717, 1.165) is 43.7 Å². The maximum Gasteiger partial charge on any atom is 0.217 e. The Morgan fingerprint density at radius 1 is 1.14 bits per heavy atom. The smallest absolute Gasteiger partial charge is 0.217 e. The van der Waals surface area contributed by atoms with Gasteiger partial charge in [0.15, 0.2) is 0 Å². The first-order valence-electron chi connectivity index (χ1n) is 12.9. The van der Waals surface area contributed by atoms with Crippen LogP contribution in [-0.4, -0.2) is 42.2 Å². The van der Waals surface area contributed by atoms with Crippen molar-refractivity contribution in [2.45, 2.75) is 88.9 Å². The zero-order valence-corrected chi connectivity index (χ0v) is 22.1. The first-order valence-corrected chi connectivity index (χ1v) is 12.9. The summed E-state index contributed by atoms with van der Waals surface area (Å²) in [7, 11) is 0. The van der Waals surface area contributed by atoms with Crippen LogP contribution in [0.3, 0.4) is 0 Å². The van der Waals surface area contributed by atoms with E-state index in [2.05, 4.69) is 54.9 Å². The number of aliphatic hydroxyl groups is 1. The molecule has 0 aromatic heterocycles. The second-order valence-electron chi connectivity index (χ2n) is 11.2. The molecule has 2 amide bonds. The normalized spacial score (nSPS) is 21.6. The Hall–Kier alpha value is -2.84. The van der Waals surface area contributed by atoms with Crippen molar-refractivity contribution in [3.8, 4) is 0 Å². The van der Waals surface area contributed by atoms with E-state index >= 15 is 0 Å². The van der Waals surface area contributed by atoms with Crippen LogP contribution in [0.5, 0.6) is 0 Å². The molecular weight excluding hydrogens is 476 g/mol. The van der Waals surface area contributed by atoms with E-state index in [4.69, 9.17) is 0 Å². The molecule has 3 rings (SSSR count). The maximum absolute atomic E-state index is 13.7. The summed E-state index contributed by atoms with van der Waals surface area (Å²) in [6.45, 7) is 7.99. The molecule has 0 saturated heterocycles. The minimum atomic E-state index is -1.01. The fourth-order valence-corrected chi connectivity index (χ4v) is 5.19. The number of aliphatic hydroxyl groups excluding tert-OH is 1. The molecule has 8 heteroatoms. The standard InChI is InChI=1S/C29H39F2N3O3/c1-19(36)34-26(14-20-12-23(30)16-24(31)13-20)27(37)17-33-29(10-8-25(9-11-29)32-18-35)22-7-5-6-21(15-22)28(2,3)4/h5-7,12-13,15-16,18,25-27,33,37H,8-11,14,17H2,1-4H3,(H,32,35)(H,34,36)/t25?,26-,27+,29?/m0/s1. The van der Waals surface area contributed by atoms with Crippen molar-refractivity contribution in [2.24, 2.45) is 0 Å². The van der Waals surface area contributed by atoms with Gasteiger partial charge in [-0.15, -0.1) is 0 Å². The van der Waals surface area contributed by atoms with Gasteiger partial charge in [-0.05, 0) is 66.3 Å². The number of carbonyl (C=O) groups is 2. The van der Waals surface area contributed by atoms with E-state index in [1.54, 1.807) is 0 Å². The van der Waals surface area contributed by atoms with Crippen LogP contribution in [0.1, 0.15) is 70.1 Å². The monoisotopic (exact) mass is 515 g/mol. The van der Waals surface area contributed by atoms with Crippen LogP contribution in [-0.2, 0) is 27.0 Å². The average Bonchev–Trinajstić information content (AvgIpc) is 2.82. The lowest BCUT2D eigenvalue weighted by molar-refractivity contribution is -0.120. The van der Waals surface area contributed by atoms with Gasteiger partial charge in [0.1, 0.15) is 11.6 Å². The lowest BCUT2D eigenvalue weighted by Gasteiger charge is -2.43. The predicted molar refractivity (Wildman–Crippen MR) is 140 cm³/mol. The number of benzene rings is 2. The summed E-state index contributed by atoms with van der Waals surface area (Å²) >= 11 is 0. The van der Waals surface area contributed by atoms with Crippen LogP contribution in [0.15, 0.2) is 42.5 Å². The summed E-state index contributed by atoms with van der Waals surface area (Å²) in [5.74, 6) is -1.75. The van der Waals surface area contributed by atoms with Gasteiger partial charge in [-0.3, -0.25) is 9.59 Å². The van der Waals surface area contributed by atoms with Crippen LogP contribution in [0.2, 0.25) is 0 Å². The highest BCUT2D eigenvalue weighted by molar-refractivity contribution is 5.73. The third-order valence-electron chi connectivity index (χ3n) is 7.30. The van der Waals surface area contributed by atoms with Gasteiger partial charge in [0.2, 0.25) is 12.3 Å². The third kappa shape index (κ3) is 7.82. The molecule has 6 nitrogen and oxygen atoms in total. The Balaban J connectivity index is 1.84. The third-order valence-corrected chi connectivity index (χ3v) is 7.30. The fraction of sp³-hybridized carbons (Fsp3) is 0.517. The molecule has 2 atom stereocenters. The van der Waals surface area contributed by atoms with Crippen molar-refractivity contribution in [1.82, 2.24) is 16.0 Å². The predicted octanol–water partition coefficient (Wildman–Crippen LogP) is 3.84. The lowest BCUT2D eigenvalue weighted by Crippen LogP contribution is -2.54. The molecule has 1 aliphatic rings. The molecule has 0 radical (unpaired) electrons. The second-order valence-corrected chi connectivity index (χ2v) is 11.2. The first-order chi connectivity index (χ1) is 17.4. The molecule has 1 fully saturated rings. The molecule has 0 spiro atoms. The molecule has 1 aliphatic carbocycles. The largest absolute Gasteiger partial charge is 0.390 e. The fourth-order valence-electron chi connectivity index (χ4n) is 5.19. The number of carbonyl (C=O) groups excluding carboxylic acids is 2. The number of hydrogen-bond donors (Lipinski definition) is 4. The van der Waals surface area contributed by atoms with Crippen LogP contribution >= 0.6 is 0 Å². The SMILES string of the molecule is CC(=O)N[C@@H](Cc1cc(F)cc(F)c1)[C@H](O)CNC1(c2cccc(C(C)(C)C)c2)CCC(NC=O)CC1. The van der Waals surface area contributed by atoms with E-state index in [0.29, 0.717) is 5.56 Å². The van der Waals surface area contributed by atoms with Gasteiger partial charge >= 0.3 is 0 Å². The van der Waals surface area contributed by atoms with Crippen molar-refractivity contribution in [3.05, 3.63) is 70.8 Å². The molecule has 2 aromatic carbocycles. The lowest BCUT2D eigenvalue weighted by atomic mass is 9.73. The Labute approximate surface area is 218 Å². The molecule has 1 saturated carbocycles. The van der Waals surface area contributed by atoms with Crippen molar-refractivity contribution in [1.29, 1.82) is 0 Å². The van der Waals surface area contributed by atoms with Crippen LogP contribution in [0.25, 0.3) is 0 Å². The van der Waals surface area contributed by atoms with Gasteiger partial charge in [0.25, 0.3) is 0 Å². The van der Waals surface area contributed by atoms with E-state index in [1.807, 2.05) is 6.07 Å². The Morgan fingerprint density at radius 3 is 2.35 bits per heavy atom. The minimum absolute atomic E-state index is 0.0380. The van der Waals surface area contributed by atoms with Crippen molar-refractivity contribution >= 4 is 12.3 Å². The molecule has 0 unspecified atom stereocenters. The Morgan fingerprint density at radius 2 is 1.78 bits per heavy atom. The number of amides is 2. The van der Waals surface area contributed by atoms with E-state index in [1.165, 1.54) is 24.6 Å². The zero-order valence-electron chi connectivity index (χ0n) is 22.1.